The Hall–Kier alpha value is -1.40. The highest BCUT2D eigenvalue weighted by Gasteiger charge is 2.20. The zero-order valence-corrected chi connectivity index (χ0v) is 17.2. The fourth-order valence-electron chi connectivity index (χ4n) is 2.72. The SMILES string of the molecule is CCC(C)c1ccc(C(NC(=O)CC(CN)OC)c2cccs2)cc1.Cl. The fraction of sp³-hybridized carbons (Fsp3) is 0.450. The number of hydrogen-bond acceptors (Lipinski definition) is 4. The van der Waals surface area contributed by atoms with Gasteiger partial charge in [-0.25, -0.2) is 0 Å². The summed E-state index contributed by atoms with van der Waals surface area (Å²) in [7, 11) is 1.58. The third kappa shape index (κ3) is 6.09. The first-order chi connectivity index (χ1) is 12.1. The van der Waals surface area contributed by atoms with Crippen molar-refractivity contribution in [2.24, 2.45) is 5.73 Å². The summed E-state index contributed by atoms with van der Waals surface area (Å²) < 4.78 is 5.22. The minimum atomic E-state index is -0.253. The van der Waals surface area contributed by atoms with Crippen LogP contribution in [-0.2, 0) is 9.53 Å². The van der Waals surface area contributed by atoms with Gasteiger partial charge in [0.25, 0.3) is 0 Å². The van der Waals surface area contributed by atoms with Crippen molar-refractivity contribution in [3.8, 4) is 0 Å². The summed E-state index contributed by atoms with van der Waals surface area (Å²) >= 11 is 1.64. The van der Waals surface area contributed by atoms with Gasteiger partial charge in [0.15, 0.2) is 0 Å². The Morgan fingerprint density at radius 2 is 1.88 bits per heavy atom. The fourth-order valence-corrected chi connectivity index (χ4v) is 3.52. The monoisotopic (exact) mass is 396 g/mol. The lowest BCUT2D eigenvalue weighted by Crippen LogP contribution is -2.34. The molecule has 0 saturated carbocycles. The van der Waals surface area contributed by atoms with Gasteiger partial charge >= 0.3 is 0 Å². The molecule has 0 aliphatic carbocycles. The lowest BCUT2D eigenvalue weighted by atomic mass is 9.95. The number of hydrogen-bond donors (Lipinski definition) is 2. The molecule has 1 amide bonds. The van der Waals surface area contributed by atoms with Crippen molar-refractivity contribution in [3.05, 3.63) is 57.8 Å². The zero-order chi connectivity index (χ0) is 18.2. The van der Waals surface area contributed by atoms with Gasteiger partial charge in [0.1, 0.15) is 0 Å². The smallest absolute Gasteiger partial charge is 0.223 e. The van der Waals surface area contributed by atoms with Crippen LogP contribution in [0.25, 0.3) is 0 Å². The van der Waals surface area contributed by atoms with Crippen LogP contribution in [0, 0.1) is 0 Å². The number of nitrogens with one attached hydrogen (secondary N) is 1. The lowest BCUT2D eigenvalue weighted by molar-refractivity contribution is -0.123. The van der Waals surface area contributed by atoms with E-state index in [-0.39, 0.29) is 36.9 Å². The Morgan fingerprint density at radius 1 is 1.23 bits per heavy atom. The van der Waals surface area contributed by atoms with Gasteiger partial charge in [0.05, 0.1) is 18.6 Å². The van der Waals surface area contributed by atoms with Gasteiger partial charge in [0, 0.05) is 18.5 Å². The molecule has 1 aromatic heterocycles. The summed E-state index contributed by atoms with van der Waals surface area (Å²) in [5, 5.41) is 5.16. The number of ether oxygens (including phenoxy) is 1. The van der Waals surface area contributed by atoms with Crippen LogP contribution in [0.3, 0.4) is 0 Å². The number of carbonyl (C=O) groups excluding carboxylic acids is 1. The molecular formula is C20H29ClN2O2S. The van der Waals surface area contributed by atoms with Crippen molar-refractivity contribution in [1.29, 1.82) is 0 Å². The molecule has 1 aromatic carbocycles. The highest BCUT2D eigenvalue weighted by Crippen LogP contribution is 2.28. The van der Waals surface area contributed by atoms with Crippen molar-refractivity contribution in [3.63, 3.8) is 0 Å². The summed E-state index contributed by atoms with van der Waals surface area (Å²) in [6.45, 7) is 4.75. The van der Waals surface area contributed by atoms with Crippen molar-refractivity contribution in [2.45, 2.75) is 44.8 Å². The molecule has 0 bridgehead atoms. The van der Waals surface area contributed by atoms with Crippen LogP contribution in [-0.4, -0.2) is 25.7 Å². The molecule has 0 spiro atoms. The second-order valence-corrected chi connectivity index (χ2v) is 7.27. The number of amides is 1. The third-order valence-corrected chi connectivity index (χ3v) is 5.53. The van der Waals surface area contributed by atoms with Crippen LogP contribution >= 0.6 is 23.7 Å². The van der Waals surface area contributed by atoms with E-state index in [2.05, 4.69) is 49.5 Å². The second kappa shape index (κ2) is 11.3. The molecule has 144 valence electrons. The Labute approximate surface area is 166 Å². The number of benzene rings is 1. The van der Waals surface area contributed by atoms with Crippen LogP contribution in [0.1, 0.15) is 54.7 Å². The normalized spacial score (nSPS) is 14.2. The van der Waals surface area contributed by atoms with Crippen LogP contribution in [0.15, 0.2) is 41.8 Å². The Bertz CT molecular complexity index is 642. The van der Waals surface area contributed by atoms with E-state index in [0.717, 1.165) is 16.9 Å². The summed E-state index contributed by atoms with van der Waals surface area (Å²) in [4.78, 5) is 13.5. The van der Waals surface area contributed by atoms with Crippen LogP contribution in [0.4, 0.5) is 0 Å². The van der Waals surface area contributed by atoms with Gasteiger partial charge in [-0.2, -0.15) is 0 Å². The predicted octanol–water partition coefficient (Wildman–Crippen LogP) is 4.25. The van der Waals surface area contributed by atoms with Gasteiger partial charge < -0.3 is 15.8 Å². The summed E-state index contributed by atoms with van der Waals surface area (Å²) in [6.07, 6.45) is 1.12. The van der Waals surface area contributed by atoms with E-state index in [4.69, 9.17) is 10.5 Å². The number of methoxy groups -OCH3 is 1. The number of rotatable bonds is 9. The molecule has 0 fully saturated rings. The molecule has 3 atom stereocenters. The van der Waals surface area contributed by atoms with Gasteiger partial charge in [-0.1, -0.05) is 44.2 Å². The first-order valence-corrected chi connectivity index (χ1v) is 9.62. The Morgan fingerprint density at radius 3 is 2.38 bits per heavy atom. The molecule has 26 heavy (non-hydrogen) atoms. The highest BCUT2D eigenvalue weighted by molar-refractivity contribution is 7.10. The molecule has 0 saturated heterocycles. The topological polar surface area (TPSA) is 64.4 Å². The zero-order valence-electron chi connectivity index (χ0n) is 15.6. The highest BCUT2D eigenvalue weighted by atomic mass is 35.5. The summed E-state index contributed by atoms with van der Waals surface area (Å²) in [5.74, 6) is 0.484. The Balaban J connectivity index is 0.00000338. The van der Waals surface area contributed by atoms with E-state index in [0.29, 0.717) is 12.5 Å². The average Bonchev–Trinajstić information content (AvgIpc) is 3.18. The van der Waals surface area contributed by atoms with E-state index >= 15 is 0 Å². The largest absolute Gasteiger partial charge is 0.380 e. The third-order valence-electron chi connectivity index (χ3n) is 4.59. The first kappa shape index (κ1) is 22.6. The van der Waals surface area contributed by atoms with Crippen molar-refractivity contribution < 1.29 is 9.53 Å². The maximum Gasteiger partial charge on any atom is 0.223 e. The van der Waals surface area contributed by atoms with E-state index in [9.17, 15) is 4.79 Å². The molecule has 0 radical (unpaired) electrons. The number of thiophene rings is 1. The molecule has 4 nitrogen and oxygen atoms in total. The van der Waals surface area contributed by atoms with Crippen molar-refractivity contribution >= 4 is 29.7 Å². The molecular weight excluding hydrogens is 368 g/mol. The maximum absolute atomic E-state index is 12.4. The van der Waals surface area contributed by atoms with Gasteiger partial charge in [-0.15, -0.1) is 23.7 Å². The van der Waals surface area contributed by atoms with E-state index in [1.807, 2.05) is 11.4 Å². The van der Waals surface area contributed by atoms with Crippen LogP contribution < -0.4 is 11.1 Å². The minimum Gasteiger partial charge on any atom is -0.380 e. The van der Waals surface area contributed by atoms with Gasteiger partial charge in [0.2, 0.25) is 5.91 Å². The van der Waals surface area contributed by atoms with E-state index < -0.39 is 0 Å². The quantitative estimate of drug-likeness (QED) is 0.665. The molecule has 1 heterocycles. The van der Waals surface area contributed by atoms with Gasteiger partial charge in [-0.3, -0.25) is 4.79 Å². The average molecular weight is 397 g/mol. The molecule has 2 rings (SSSR count). The Kier molecular flexibility index (Phi) is 9.88. The molecule has 0 aliphatic rings. The lowest BCUT2D eigenvalue weighted by Gasteiger charge is -2.21. The molecule has 3 N–H and O–H groups in total. The summed E-state index contributed by atoms with van der Waals surface area (Å²) in [5.41, 5.74) is 8.03. The summed E-state index contributed by atoms with van der Waals surface area (Å²) in [6, 6.07) is 12.5. The maximum atomic E-state index is 12.4. The molecule has 2 aromatic rings. The van der Waals surface area contributed by atoms with E-state index in [1.165, 1.54) is 5.56 Å². The van der Waals surface area contributed by atoms with Crippen LogP contribution in [0.2, 0.25) is 0 Å². The first-order valence-electron chi connectivity index (χ1n) is 8.74. The van der Waals surface area contributed by atoms with Crippen LogP contribution in [0.5, 0.6) is 0 Å². The minimum absolute atomic E-state index is 0. The van der Waals surface area contributed by atoms with Gasteiger partial charge in [-0.05, 0) is 34.9 Å². The second-order valence-electron chi connectivity index (χ2n) is 6.29. The van der Waals surface area contributed by atoms with Crippen molar-refractivity contribution in [2.75, 3.05) is 13.7 Å². The molecule has 0 aliphatic heterocycles. The number of halogens is 1. The molecule has 6 heteroatoms. The number of carbonyl (C=O) groups is 1. The number of nitrogens with two attached hydrogens (primary N) is 1. The predicted molar refractivity (Wildman–Crippen MR) is 111 cm³/mol. The van der Waals surface area contributed by atoms with Crippen molar-refractivity contribution in [1.82, 2.24) is 5.32 Å². The molecule has 3 unspecified atom stereocenters. The standard InChI is InChI=1S/C20H28N2O2S.ClH/c1-4-14(2)15-7-9-16(10-8-15)20(18-6-5-11-25-18)22-19(23)12-17(13-21)24-3;/h5-11,14,17,20H,4,12-13,21H2,1-3H3,(H,22,23);1H. The van der Waals surface area contributed by atoms with E-state index in [1.54, 1.807) is 18.4 Å².